The van der Waals surface area contributed by atoms with Gasteiger partial charge in [-0.25, -0.2) is 9.78 Å². The molecule has 0 aliphatic carbocycles. The topological polar surface area (TPSA) is 117 Å². The quantitative estimate of drug-likeness (QED) is 0.370. The number of aromatic nitrogens is 1. The molecule has 1 fully saturated rings. The number of carbonyl (C=O) groups is 2. The first-order valence-corrected chi connectivity index (χ1v) is 8.78. The Morgan fingerprint density at radius 3 is 2.82 bits per heavy atom. The van der Waals surface area contributed by atoms with E-state index in [0.29, 0.717) is 5.69 Å². The molecule has 2 aromatic rings. The SMILES string of the molecule is COC(=O)/C=C1/S/C(=N\N=Cc2ccc(-c3cccnc3C#N)cc2)NC1=O. The van der Waals surface area contributed by atoms with Gasteiger partial charge in [0.2, 0.25) is 0 Å². The van der Waals surface area contributed by atoms with Crippen LogP contribution in [0.5, 0.6) is 0 Å². The number of hydrogen-bond donors (Lipinski definition) is 1. The molecule has 138 valence electrons. The molecule has 1 aliphatic heterocycles. The fourth-order valence-corrected chi connectivity index (χ4v) is 3.00. The Hall–Kier alpha value is -3.77. The van der Waals surface area contributed by atoms with Crippen LogP contribution in [0.2, 0.25) is 0 Å². The van der Waals surface area contributed by atoms with E-state index in [2.05, 4.69) is 31.3 Å². The number of amidine groups is 1. The highest BCUT2D eigenvalue weighted by Gasteiger charge is 2.24. The van der Waals surface area contributed by atoms with Gasteiger partial charge in [0.15, 0.2) is 5.17 Å². The number of nitrogens with zero attached hydrogens (tertiary/aromatic N) is 4. The molecule has 1 aromatic carbocycles. The minimum Gasteiger partial charge on any atom is -0.466 e. The normalized spacial score (nSPS) is 16.4. The van der Waals surface area contributed by atoms with Crippen molar-refractivity contribution in [2.24, 2.45) is 10.2 Å². The van der Waals surface area contributed by atoms with Gasteiger partial charge in [0.05, 0.1) is 18.2 Å². The molecule has 0 saturated carbocycles. The molecule has 1 N–H and O–H groups in total. The van der Waals surface area contributed by atoms with E-state index in [0.717, 1.165) is 34.5 Å². The van der Waals surface area contributed by atoms with Gasteiger partial charge in [-0.05, 0) is 35.0 Å². The summed E-state index contributed by atoms with van der Waals surface area (Å²) in [6.45, 7) is 0. The molecule has 1 aromatic heterocycles. The summed E-state index contributed by atoms with van der Waals surface area (Å²) in [5, 5.41) is 19.8. The van der Waals surface area contributed by atoms with E-state index in [1.165, 1.54) is 13.3 Å². The minimum absolute atomic E-state index is 0.190. The van der Waals surface area contributed by atoms with Crippen LogP contribution in [0.4, 0.5) is 0 Å². The Balaban J connectivity index is 1.70. The molecule has 2 heterocycles. The lowest BCUT2D eigenvalue weighted by Crippen LogP contribution is -2.19. The van der Waals surface area contributed by atoms with Crippen molar-refractivity contribution in [3.63, 3.8) is 0 Å². The number of ether oxygens (including phenoxy) is 1. The highest BCUT2D eigenvalue weighted by atomic mass is 32.2. The predicted octanol–water partition coefficient (Wildman–Crippen LogP) is 2.23. The number of carbonyl (C=O) groups excluding carboxylic acids is 2. The average molecular weight is 391 g/mol. The summed E-state index contributed by atoms with van der Waals surface area (Å²) in [5.41, 5.74) is 2.77. The van der Waals surface area contributed by atoms with Gasteiger partial charge in [0.25, 0.3) is 5.91 Å². The number of pyridine rings is 1. The van der Waals surface area contributed by atoms with Crippen LogP contribution in [-0.4, -0.2) is 35.4 Å². The molecule has 3 rings (SSSR count). The molecule has 1 saturated heterocycles. The zero-order valence-corrected chi connectivity index (χ0v) is 15.4. The van der Waals surface area contributed by atoms with Crippen LogP contribution in [0.15, 0.2) is 63.8 Å². The number of benzene rings is 1. The molecule has 28 heavy (non-hydrogen) atoms. The fourth-order valence-electron chi connectivity index (χ4n) is 2.27. The molecule has 0 radical (unpaired) electrons. The smallest absolute Gasteiger partial charge is 0.331 e. The molecular weight excluding hydrogens is 378 g/mol. The Morgan fingerprint density at radius 2 is 2.11 bits per heavy atom. The Labute approximate surface area is 164 Å². The highest BCUT2D eigenvalue weighted by molar-refractivity contribution is 8.18. The highest BCUT2D eigenvalue weighted by Crippen LogP contribution is 2.24. The summed E-state index contributed by atoms with van der Waals surface area (Å²) < 4.78 is 4.49. The van der Waals surface area contributed by atoms with Gasteiger partial charge in [0.1, 0.15) is 11.8 Å². The number of amides is 1. The second kappa shape index (κ2) is 8.75. The number of esters is 1. The third-order valence-electron chi connectivity index (χ3n) is 3.59. The molecule has 0 spiro atoms. The number of rotatable bonds is 4. The van der Waals surface area contributed by atoms with Crippen LogP contribution in [0.1, 0.15) is 11.3 Å². The van der Waals surface area contributed by atoms with Gasteiger partial charge in [0, 0.05) is 17.8 Å². The van der Waals surface area contributed by atoms with Crippen LogP contribution in [0.25, 0.3) is 11.1 Å². The van der Waals surface area contributed by atoms with E-state index in [-0.39, 0.29) is 10.1 Å². The van der Waals surface area contributed by atoms with Gasteiger partial charge < -0.3 is 4.74 Å². The van der Waals surface area contributed by atoms with E-state index in [9.17, 15) is 9.59 Å². The molecule has 1 amide bonds. The summed E-state index contributed by atoms with van der Waals surface area (Å²) in [6.07, 6.45) is 4.20. The monoisotopic (exact) mass is 391 g/mol. The van der Waals surface area contributed by atoms with E-state index in [1.807, 2.05) is 30.3 Å². The molecule has 0 atom stereocenters. The molecule has 0 unspecified atom stereocenters. The lowest BCUT2D eigenvalue weighted by atomic mass is 10.0. The van der Waals surface area contributed by atoms with E-state index < -0.39 is 11.9 Å². The maximum Gasteiger partial charge on any atom is 0.331 e. The fraction of sp³-hybridized carbons (Fsp3) is 0.0526. The zero-order valence-electron chi connectivity index (χ0n) is 14.6. The first kappa shape index (κ1) is 19.0. The maximum absolute atomic E-state index is 11.7. The second-order valence-corrected chi connectivity index (χ2v) is 6.40. The number of hydrogen-bond acceptors (Lipinski definition) is 8. The molecule has 9 heteroatoms. The van der Waals surface area contributed by atoms with Gasteiger partial charge in [-0.3, -0.25) is 10.1 Å². The third kappa shape index (κ3) is 4.49. The van der Waals surface area contributed by atoms with Crippen molar-refractivity contribution in [2.75, 3.05) is 7.11 Å². The molecule has 1 aliphatic rings. The number of methoxy groups -OCH3 is 1. The molecular formula is C19H13N5O3S. The van der Waals surface area contributed by atoms with Crippen LogP contribution in [0, 0.1) is 11.3 Å². The van der Waals surface area contributed by atoms with E-state index >= 15 is 0 Å². The predicted molar refractivity (Wildman–Crippen MR) is 105 cm³/mol. The summed E-state index contributed by atoms with van der Waals surface area (Å²) in [6, 6.07) is 13.1. The van der Waals surface area contributed by atoms with Crippen LogP contribution >= 0.6 is 11.8 Å². The second-order valence-electron chi connectivity index (χ2n) is 5.37. The standard InChI is InChI=1S/C19H13N5O3S/c1-27-17(25)9-16-18(26)23-19(28-16)24-22-11-12-4-6-13(7-5-12)14-3-2-8-21-15(14)10-20/h2-9,11H,1H3,(H,23,24,26)/b16-9+,22-11?. The summed E-state index contributed by atoms with van der Waals surface area (Å²) in [7, 11) is 1.23. The van der Waals surface area contributed by atoms with Crippen molar-refractivity contribution >= 4 is 35.0 Å². The third-order valence-corrected chi connectivity index (χ3v) is 4.49. The van der Waals surface area contributed by atoms with Crippen molar-refractivity contribution in [2.45, 2.75) is 0 Å². The van der Waals surface area contributed by atoms with Crippen molar-refractivity contribution in [1.29, 1.82) is 5.26 Å². The molecule has 0 bridgehead atoms. The first-order valence-electron chi connectivity index (χ1n) is 7.96. The van der Waals surface area contributed by atoms with Crippen molar-refractivity contribution in [3.8, 4) is 17.2 Å². The minimum atomic E-state index is -0.615. The van der Waals surface area contributed by atoms with E-state index in [1.54, 1.807) is 12.3 Å². The van der Waals surface area contributed by atoms with Gasteiger partial charge in [-0.2, -0.15) is 10.4 Å². The Kier molecular flexibility index (Phi) is 5.94. The van der Waals surface area contributed by atoms with Crippen molar-refractivity contribution in [3.05, 3.63) is 64.8 Å². The van der Waals surface area contributed by atoms with Gasteiger partial charge in [-0.15, -0.1) is 5.10 Å². The molecule has 8 nitrogen and oxygen atoms in total. The number of nitriles is 1. The number of nitrogens with one attached hydrogen (secondary N) is 1. The summed E-state index contributed by atoms with van der Waals surface area (Å²) in [5.74, 6) is -1.05. The number of thioether (sulfide) groups is 1. The van der Waals surface area contributed by atoms with Crippen molar-refractivity contribution in [1.82, 2.24) is 10.3 Å². The van der Waals surface area contributed by atoms with Crippen LogP contribution in [0.3, 0.4) is 0 Å². The average Bonchev–Trinajstić information content (AvgIpc) is 3.07. The Morgan fingerprint density at radius 1 is 1.32 bits per heavy atom. The zero-order chi connectivity index (χ0) is 19.9. The first-order chi connectivity index (χ1) is 13.6. The van der Waals surface area contributed by atoms with Gasteiger partial charge >= 0.3 is 5.97 Å². The lowest BCUT2D eigenvalue weighted by Gasteiger charge is -2.03. The van der Waals surface area contributed by atoms with Crippen molar-refractivity contribution < 1.29 is 14.3 Å². The maximum atomic E-state index is 11.7. The van der Waals surface area contributed by atoms with Gasteiger partial charge in [-0.1, -0.05) is 24.3 Å². The summed E-state index contributed by atoms with van der Waals surface area (Å²) >= 11 is 1.000. The van der Waals surface area contributed by atoms with Crippen LogP contribution in [-0.2, 0) is 14.3 Å². The van der Waals surface area contributed by atoms with Crippen LogP contribution < -0.4 is 5.32 Å². The Bertz CT molecular complexity index is 1050. The largest absolute Gasteiger partial charge is 0.466 e. The summed E-state index contributed by atoms with van der Waals surface area (Å²) in [4.78, 5) is 27.2. The van der Waals surface area contributed by atoms with E-state index in [4.69, 9.17) is 5.26 Å². The lowest BCUT2D eigenvalue weighted by molar-refractivity contribution is -0.135.